The fraction of sp³-hybridized carbons (Fsp3) is 0.600. The molecule has 2 bridgehead atoms. The highest BCUT2D eigenvalue weighted by molar-refractivity contribution is 7.89. The lowest BCUT2D eigenvalue weighted by atomic mass is 10.0. The van der Waals surface area contributed by atoms with Crippen LogP contribution >= 0.6 is 0 Å². The molecule has 128 valence electrons. The minimum absolute atomic E-state index is 0.0105. The molecule has 2 saturated heterocycles. The molecule has 0 aromatic heterocycles. The lowest BCUT2D eigenvalue weighted by molar-refractivity contribution is -0.138. The van der Waals surface area contributed by atoms with Crippen molar-refractivity contribution in [2.75, 3.05) is 0 Å². The summed E-state index contributed by atoms with van der Waals surface area (Å²) in [6.45, 7) is 1.32. The highest BCUT2D eigenvalue weighted by Gasteiger charge is 2.37. The molecule has 0 aliphatic carbocycles. The molecule has 2 N–H and O–H groups in total. The van der Waals surface area contributed by atoms with Gasteiger partial charge in [-0.05, 0) is 50.3 Å². The van der Waals surface area contributed by atoms with Gasteiger partial charge in [0.15, 0.2) is 0 Å². The molecule has 2 unspecified atom stereocenters. The third kappa shape index (κ3) is 3.54. The zero-order valence-electron chi connectivity index (χ0n) is 12.7. The van der Waals surface area contributed by atoms with Crippen LogP contribution in [0, 0.1) is 6.92 Å². The summed E-state index contributed by atoms with van der Waals surface area (Å²) >= 11 is 0. The Bertz CT molecular complexity index is 691. The molecule has 1 aromatic carbocycles. The molecule has 0 saturated carbocycles. The number of alkyl halides is 3. The van der Waals surface area contributed by atoms with Gasteiger partial charge in [-0.2, -0.15) is 13.2 Å². The second-order valence-electron chi connectivity index (χ2n) is 6.40. The van der Waals surface area contributed by atoms with Crippen molar-refractivity contribution >= 4 is 10.0 Å². The standard InChI is InChI=1S/C15H19F3N2O2S/c1-9-2-5-13(8-14(9)15(16,17)18)23(21,22)20-12-6-10-3-4-11(7-12)19-10/h2,5,8,10-12,19-20H,3-4,6-7H2,1H3. The molecule has 2 aliphatic heterocycles. The molecule has 2 heterocycles. The van der Waals surface area contributed by atoms with E-state index in [1.807, 2.05) is 0 Å². The highest BCUT2D eigenvalue weighted by Crippen LogP contribution is 2.33. The SMILES string of the molecule is Cc1ccc(S(=O)(=O)NC2CC3CCC(C2)N3)cc1C(F)(F)F. The van der Waals surface area contributed by atoms with Gasteiger partial charge < -0.3 is 5.32 Å². The Morgan fingerprint density at radius 3 is 2.35 bits per heavy atom. The predicted molar refractivity (Wildman–Crippen MR) is 79.5 cm³/mol. The fourth-order valence-electron chi connectivity index (χ4n) is 3.51. The van der Waals surface area contributed by atoms with E-state index in [2.05, 4.69) is 10.0 Å². The Hall–Kier alpha value is -1.12. The Kier molecular flexibility index (Phi) is 4.18. The molecule has 0 amide bonds. The summed E-state index contributed by atoms with van der Waals surface area (Å²) in [6, 6.07) is 3.50. The lowest BCUT2D eigenvalue weighted by Crippen LogP contribution is -2.47. The van der Waals surface area contributed by atoms with E-state index in [4.69, 9.17) is 0 Å². The number of aryl methyl sites for hydroxylation is 1. The molecule has 1 aromatic rings. The first kappa shape index (κ1) is 16.7. The summed E-state index contributed by atoms with van der Waals surface area (Å²) in [5.74, 6) is 0. The molecule has 8 heteroatoms. The number of nitrogens with one attached hydrogen (secondary N) is 2. The normalized spacial score (nSPS) is 28.1. The summed E-state index contributed by atoms with van der Waals surface area (Å²) in [5.41, 5.74) is -0.901. The monoisotopic (exact) mass is 348 g/mol. The minimum atomic E-state index is -4.57. The fourth-order valence-corrected chi connectivity index (χ4v) is 4.80. The van der Waals surface area contributed by atoms with Gasteiger partial charge in [-0.3, -0.25) is 0 Å². The Morgan fingerprint density at radius 1 is 1.17 bits per heavy atom. The molecular formula is C15H19F3N2O2S. The zero-order chi connectivity index (χ0) is 16.8. The topological polar surface area (TPSA) is 58.2 Å². The quantitative estimate of drug-likeness (QED) is 0.883. The summed E-state index contributed by atoms with van der Waals surface area (Å²) < 4.78 is 66.3. The summed E-state index contributed by atoms with van der Waals surface area (Å²) in [6.07, 6.45) is -1.18. The van der Waals surface area contributed by atoms with Crippen molar-refractivity contribution in [2.24, 2.45) is 0 Å². The van der Waals surface area contributed by atoms with Crippen molar-refractivity contribution < 1.29 is 21.6 Å². The first-order valence-corrected chi connectivity index (χ1v) is 9.10. The maximum Gasteiger partial charge on any atom is 0.416 e. The van der Waals surface area contributed by atoms with Gasteiger partial charge in [0.25, 0.3) is 0 Å². The molecule has 23 heavy (non-hydrogen) atoms. The Morgan fingerprint density at radius 2 is 1.78 bits per heavy atom. The smallest absolute Gasteiger partial charge is 0.311 e. The number of hydrogen-bond acceptors (Lipinski definition) is 3. The van der Waals surface area contributed by atoms with Crippen LogP contribution in [0.1, 0.15) is 36.8 Å². The molecule has 2 atom stereocenters. The number of rotatable bonds is 3. The van der Waals surface area contributed by atoms with Gasteiger partial charge in [0.05, 0.1) is 10.5 Å². The molecule has 4 nitrogen and oxygen atoms in total. The highest BCUT2D eigenvalue weighted by atomic mass is 32.2. The number of piperidine rings is 1. The van der Waals surface area contributed by atoms with Crippen LogP contribution in [0.15, 0.2) is 23.1 Å². The molecule has 0 radical (unpaired) electrons. The van der Waals surface area contributed by atoms with Crippen LogP contribution in [0.3, 0.4) is 0 Å². The van der Waals surface area contributed by atoms with E-state index in [0.29, 0.717) is 31.0 Å². The lowest BCUT2D eigenvalue weighted by Gasteiger charge is -2.29. The van der Waals surface area contributed by atoms with Crippen molar-refractivity contribution in [3.63, 3.8) is 0 Å². The maximum atomic E-state index is 13.0. The van der Waals surface area contributed by atoms with Crippen LogP contribution in [0.25, 0.3) is 0 Å². The van der Waals surface area contributed by atoms with Crippen LogP contribution in [-0.2, 0) is 16.2 Å². The van der Waals surface area contributed by atoms with Crippen LogP contribution in [0.4, 0.5) is 13.2 Å². The van der Waals surface area contributed by atoms with E-state index in [1.165, 1.54) is 19.1 Å². The minimum Gasteiger partial charge on any atom is -0.311 e. The van der Waals surface area contributed by atoms with Gasteiger partial charge in [-0.25, -0.2) is 13.1 Å². The number of fused-ring (bicyclic) bond motifs is 2. The predicted octanol–water partition coefficient (Wildman–Crippen LogP) is 2.58. The van der Waals surface area contributed by atoms with Gasteiger partial charge in [0, 0.05) is 18.1 Å². The Labute approximate surface area is 133 Å². The van der Waals surface area contributed by atoms with Crippen molar-refractivity contribution in [1.82, 2.24) is 10.0 Å². The second kappa shape index (κ2) is 5.75. The van der Waals surface area contributed by atoms with E-state index in [1.54, 1.807) is 0 Å². The van der Waals surface area contributed by atoms with Crippen molar-refractivity contribution in [3.8, 4) is 0 Å². The molecular weight excluding hydrogens is 329 g/mol. The number of hydrogen-bond donors (Lipinski definition) is 2. The average Bonchev–Trinajstić information content (AvgIpc) is 2.76. The van der Waals surface area contributed by atoms with Crippen molar-refractivity contribution in [1.29, 1.82) is 0 Å². The first-order valence-electron chi connectivity index (χ1n) is 7.61. The van der Waals surface area contributed by atoms with Crippen molar-refractivity contribution in [2.45, 2.75) is 61.8 Å². The van der Waals surface area contributed by atoms with E-state index < -0.39 is 21.8 Å². The third-order valence-electron chi connectivity index (χ3n) is 4.62. The van der Waals surface area contributed by atoms with Gasteiger partial charge in [0.2, 0.25) is 10.0 Å². The third-order valence-corrected chi connectivity index (χ3v) is 6.14. The van der Waals surface area contributed by atoms with Crippen LogP contribution in [-0.4, -0.2) is 26.5 Å². The van der Waals surface area contributed by atoms with Gasteiger partial charge in [0.1, 0.15) is 0 Å². The molecule has 2 fully saturated rings. The Balaban J connectivity index is 1.82. The van der Waals surface area contributed by atoms with Crippen LogP contribution in [0.5, 0.6) is 0 Å². The van der Waals surface area contributed by atoms with Crippen LogP contribution < -0.4 is 10.0 Å². The van der Waals surface area contributed by atoms with E-state index >= 15 is 0 Å². The molecule has 0 spiro atoms. The van der Waals surface area contributed by atoms with Gasteiger partial charge in [-0.1, -0.05) is 6.07 Å². The van der Waals surface area contributed by atoms with E-state index in [0.717, 1.165) is 12.8 Å². The summed E-state index contributed by atoms with van der Waals surface area (Å²) in [7, 11) is -3.96. The largest absolute Gasteiger partial charge is 0.416 e. The zero-order valence-corrected chi connectivity index (χ0v) is 13.5. The second-order valence-corrected chi connectivity index (χ2v) is 8.12. The maximum absolute atomic E-state index is 13.0. The number of sulfonamides is 1. The molecule has 2 aliphatic rings. The van der Waals surface area contributed by atoms with Crippen LogP contribution in [0.2, 0.25) is 0 Å². The summed E-state index contributed by atoms with van der Waals surface area (Å²) in [4.78, 5) is -0.332. The number of benzene rings is 1. The van der Waals surface area contributed by atoms with Crippen molar-refractivity contribution in [3.05, 3.63) is 29.3 Å². The average molecular weight is 348 g/mol. The number of halogens is 3. The summed E-state index contributed by atoms with van der Waals surface area (Å²) in [5, 5.41) is 3.40. The van der Waals surface area contributed by atoms with E-state index in [9.17, 15) is 21.6 Å². The molecule has 3 rings (SSSR count). The first-order chi connectivity index (χ1) is 10.6. The van der Waals surface area contributed by atoms with Gasteiger partial charge in [-0.15, -0.1) is 0 Å². The van der Waals surface area contributed by atoms with E-state index in [-0.39, 0.29) is 16.5 Å². The van der Waals surface area contributed by atoms with Gasteiger partial charge >= 0.3 is 6.18 Å².